The third-order valence-corrected chi connectivity index (χ3v) is 3.06. The molecular weight excluding hydrogens is 204 g/mol. The molecule has 3 heteroatoms. The highest BCUT2D eigenvalue weighted by atomic mass is 16.5. The summed E-state index contributed by atoms with van der Waals surface area (Å²) < 4.78 is 5.43. The number of aliphatic carboxylic acids is 1. The van der Waals surface area contributed by atoms with Crippen LogP contribution < -0.4 is 4.74 Å². The average Bonchev–Trinajstić information content (AvgIpc) is 2.61. The van der Waals surface area contributed by atoms with Gasteiger partial charge in [-0.05, 0) is 17.2 Å². The SMILES string of the molecule is CC(C)(CC(=O)O)c1ccc2c(c1)CCO2. The molecule has 1 N–H and O–H groups in total. The Kier molecular flexibility index (Phi) is 2.62. The Morgan fingerprint density at radius 2 is 2.25 bits per heavy atom. The molecule has 0 atom stereocenters. The maximum Gasteiger partial charge on any atom is 0.304 e. The van der Waals surface area contributed by atoms with Crippen molar-refractivity contribution in [3.8, 4) is 5.75 Å². The lowest BCUT2D eigenvalue weighted by molar-refractivity contribution is -0.138. The molecule has 0 saturated carbocycles. The third-order valence-electron chi connectivity index (χ3n) is 3.06. The van der Waals surface area contributed by atoms with Gasteiger partial charge in [0, 0.05) is 11.8 Å². The average molecular weight is 220 g/mol. The minimum Gasteiger partial charge on any atom is -0.493 e. The van der Waals surface area contributed by atoms with Crippen LogP contribution in [0, 0.1) is 0 Å². The fourth-order valence-electron chi connectivity index (χ4n) is 2.09. The monoisotopic (exact) mass is 220 g/mol. The topological polar surface area (TPSA) is 46.5 Å². The zero-order valence-electron chi connectivity index (χ0n) is 9.62. The number of rotatable bonds is 3. The lowest BCUT2D eigenvalue weighted by Crippen LogP contribution is -2.21. The molecule has 16 heavy (non-hydrogen) atoms. The van der Waals surface area contributed by atoms with Crippen molar-refractivity contribution in [1.29, 1.82) is 0 Å². The fourth-order valence-corrected chi connectivity index (χ4v) is 2.09. The summed E-state index contributed by atoms with van der Waals surface area (Å²) in [5.41, 5.74) is 1.93. The van der Waals surface area contributed by atoms with Gasteiger partial charge in [0.25, 0.3) is 0 Å². The number of carboxylic acids is 1. The molecule has 0 spiro atoms. The van der Waals surface area contributed by atoms with Crippen molar-refractivity contribution in [2.75, 3.05) is 6.61 Å². The standard InChI is InChI=1S/C13H16O3/c1-13(2,8-12(14)15)10-3-4-11-9(7-10)5-6-16-11/h3-4,7H,5-6,8H2,1-2H3,(H,14,15). The molecule has 0 amide bonds. The van der Waals surface area contributed by atoms with Crippen molar-refractivity contribution in [3.05, 3.63) is 29.3 Å². The molecule has 2 rings (SSSR count). The summed E-state index contributed by atoms with van der Waals surface area (Å²) in [6.07, 6.45) is 1.07. The fraction of sp³-hybridized carbons (Fsp3) is 0.462. The first-order valence-corrected chi connectivity index (χ1v) is 5.47. The van der Waals surface area contributed by atoms with E-state index in [1.807, 2.05) is 26.0 Å². The van der Waals surface area contributed by atoms with E-state index in [9.17, 15) is 4.79 Å². The number of hydrogen-bond donors (Lipinski definition) is 1. The van der Waals surface area contributed by atoms with E-state index < -0.39 is 5.97 Å². The van der Waals surface area contributed by atoms with E-state index in [4.69, 9.17) is 9.84 Å². The lowest BCUT2D eigenvalue weighted by Gasteiger charge is -2.23. The zero-order valence-corrected chi connectivity index (χ0v) is 9.62. The van der Waals surface area contributed by atoms with E-state index in [1.54, 1.807) is 0 Å². The third kappa shape index (κ3) is 2.03. The maximum atomic E-state index is 10.8. The van der Waals surface area contributed by atoms with E-state index >= 15 is 0 Å². The summed E-state index contributed by atoms with van der Waals surface area (Å²) in [7, 11) is 0. The van der Waals surface area contributed by atoms with E-state index in [1.165, 1.54) is 5.56 Å². The van der Waals surface area contributed by atoms with Gasteiger partial charge in [-0.15, -0.1) is 0 Å². The number of hydrogen-bond acceptors (Lipinski definition) is 2. The van der Waals surface area contributed by atoms with Crippen LogP contribution in [-0.2, 0) is 16.6 Å². The summed E-state index contributed by atoms with van der Waals surface area (Å²) in [6, 6.07) is 5.99. The number of carboxylic acid groups (broad SMARTS) is 1. The molecule has 0 aliphatic carbocycles. The van der Waals surface area contributed by atoms with Crippen LogP contribution in [0.2, 0.25) is 0 Å². The van der Waals surface area contributed by atoms with Gasteiger partial charge in [-0.3, -0.25) is 4.79 Å². The first-order chi connectivity index (χ1) is 7.49. The zero-order chi connectivity index (χ0) is 11.8. The van der Waals surface area contributed by atoms with Crippen LogP contribution in [0.1, 0.15) is 31.4 Å². The number of benzene rings is 1. The van der Waals surface area contributed by atoms with Gasteiger partial charge in [0.1, 0.15) is 5.75 Å². The molecule has 1 aliphatic heterocycles. The second kappa shape index (κ2) is 3.81. The van der Waals surface area contributed by atoms with Crippen LogP contribution in [-0.4, -0.2) is 17.7 Å². The molecule has 1 aromatic carbocycles. The molecule has 0 aromatic heterocycles. The van der Waals surface area contributed by atoms with Gasteiger partial charge in [0.05, 0.1) is 13.0 Å². The van der Waals surface area contributed by atoms with Crippen LogP contribution >= 0.6 is 0 Å². The van der Waals surface area contributed by atoms with Gasteiger partial charge in [0.15, 0.2) is 0 Å². The first-order valence-electron chi connectivity index (χ1n) is 5.47. The summed E-state index contributed by atoms with van der Waals surface area (Å²) in [6.45, 7) is 4.65. The van der Waals surface area contributed by atoms with Crippen LogP contribution in [0.15, 0.2) is 18.2 Å². The van der Waals surface area contributed by atoms with Gasteiger partial charge in [-0.1, -0.05) is 26.0 Å². The van der Waals surface area contributed by atoms with Crippen molar-refractivity contribution in [2.24, 2.45) is 0 Å². The Morgan fingerprint density at radius 3 is 2.94 bits per heavy atom. The molecule has 0 bridgehead atoms. The lowest BCUT2D eigenvalue weighted by atomic mass is 9.81. The predicted octanol–water partition coefficient (Wildman–Crippen LogP) is 2.37. The second-order valence-corrected chi connectivity index (χ2v) is 4.88. The number of fused-ring (bicyclic) bond motifs is 1. The predicted molar refractivity (Wildman–Crippen MR) is 60.9 cm³/mol. The number of ether oxygens (including phenoxy) is 1. The highest BCUT2D eigenvalue weighted by molar-refractivity contribution is 5.69. The van der Waals surface area contributed by atoms with Crippen molar-refractivity contribution < 1.29 is 14.6 Å². The molecule has 1 heterocycles. The Labute approximate surface area is 95.0 Å². The Bertz CT molecular complexity index is 421. The van der Waals surface area contributed by atoms with Crippen LogP contribution in [0.4, 0.5) is 0 Å². The van der Waals surface area contributed by atoms with Crippen molar-refractivity contribution in [2.45, 2.75) is 32.1 Å². The molecule has 0 saturated heterocycles. The van der Waals surface area contributed by atoms with Crippen LogP contribution in [0.25, 0.3) is 0 Å². The van der Waals surface area contributed by atoms with Gasteiger partial charge in [0.2, 0.25) is 0 Å². The summed E-state index contributed by atoms with van der Waals surface area (Å²) in [4.78, 5) is 10.8. The van der Waals surface area contributed by atoms with E-state index in [0.29, 0.717) is 0 Å². The van der Waals surface area contributed by atoms with E-state index in [-0.39, 0.29) is 11.8 Å². The van der Waals surface area contributed by atoms with Gasteiger partial charge in [-0.25, -0.2) is 0 Å². The quantitative estimate of drug-likeness (QED) is 0.850. The van der Waals surface area contributed by atoms with Crippen molar-refractivity contribution in [1.82, 2.24) is 0 Å². The minimum atomic E-state index is -0.762. The summed E-state index contributed by atoms with van der Waals surface area (Å²) in [5, 5.41) is 8.88. The normalized spacial score (nSPS) is 14.4. The highest BCUT2D eigenvalue weighted by Crippen LogP contribution is 2.33. The Morgan fingerprint density at radius 1 is 1.50 bits per heavy atom. The molecule has 1 aromatic rings. The summed E-state index contributed by atoms with van der Waals surface area (Å²) >= 11 is 0. The van der Waals surface area contributed by atoms with Gasteiger partial charge < -0.3 is 9.84 Å². The van der Waals surface area contributed by atoms with Gasteiger partial charge in [-0.2, -0.15) is 0 Å². The Hall–Kier alpha value is -1.51. The summed E-state index contributed by atoms with van der Waals surface area (Å²) in [5.74, 6) is 0.177. The van der Waals surface area contributed by atoms with E-state index in [2.05, 4.69) is 6.07 Å². The van der Waals surface area contributed by atoms with Crippen molar-refractivity contribution in [3.63, 3.8) is 0 Å². The molecule has 1 aliphatic rings. The van der Waals surface area contributed by atoms with E-state index in [0.717, 1.165) is 24.3 Å². The Balaban J connectivity index is 2.30. The van der Waals surface area contributed by atoms with Crippen LogP contribution in [0.5, 0.6) is 5.75 Å². The molecule has 86 valence electrons. The number of carbonyl (C=O) groups is 1. The first kappa shape index (κ1) is 11.0. The minimum absolute atomic E-state index is 0.145. The second-order valence-electron chi connectivity index (χ2n) is 4.88. The van der Waals surface area contributed by atoms with Crippen molar-refractivity contribution >= 4 is 5.97 Å². The molecular formula is C13H16O3. The largest absolute Gasteiger partial charge is 0.493 e. The molecule has 0 fully saturated rings. The van der Waals surface area contributed by atoms with Gasteiger partial charge >= 0.3 is 5.97 Å². The maximum absolute atomic E-state index is 10.8. The van der Waals surface area contributed by atoms with Crippen LogP contribution in [0.3, 0.4) is 0 Å². The highest BCUT2D eigenvalue weighted by Gasteiger charge is 2.25. The molecule has 0 radical (unpaired) electrons. The smallest absolute Gasteiger partial charge is 0.304 e. The molecule has 0 unspecified atom stereocenters. The molecule has 3 nitrogen and oxygen atoms in total.